The van der Waals surface area contributed by atoms with Crippen molar-refractivity contribution in [2.24, 2.45) is 0 Å². The van der Waals surface area contributed by atoms with E-state index in [-0.39, 0.29) is 13.2 Å². The van der Waals surface area contributed by atoms with Crippen molar-refractivity contribution in [1.82, 2.24) is 20.2 Å². The number of rotatable bonds is 5. The van der Waals surface area contributed by atoms with Crippen molar-refractivity contribution in [1.29, 1.82) is 0 Å². The van der Waals surface area contributed by atoms with Gasteiger partial charge in [0.15, 0.2) is 6.54 Å². The van der Waals surface area contributed by atoms with Crippen molar-refractivity contribution >= 4 is 5.97 Å². The van der Waals surface area contributed by atoms with E-state index in [0.717, 1.165) is 27.8 Å². The number of benzene rings is 2. The lowest BCUT2D eigenvalue weighted by Gasteiger charge is -2.06. The van der Waals surface area contributed by atoms with Crippen LogP contribution < -0.4 is 0 Å². The van der Waals surface area contributed by atoms with Gasteiger partial charge in [-0.3, -0.25) is 0 Å². The summed E-state index contributed by atoms with van der Waals surface area (Å²) in [5, 5.41) is 12.1. The molecule has 0 saturated heterocycles. The maximum atomic E-state index is 12.0. The van der Waals surface area contributed by atoms with Gasteiger partial charge in [-0.15, -0.1) is 10.2 Å². The molecule has 128 valence electrons. The summed E-state index contributed by atoms with van der Waals surface area (Å²) >= 11 is 0. The number of aryl methyl sites for hydroxylation is 3. The predicted molar refractivity (Wildman–Crippen MR) is 93.7 cm³/mol. The second kappa shape index (κ2) is 7.25. The minimum atomic E-state index is -0.396. The van der Waals surface area contributed by atoms with Crippen LogP contribution in [0.25, 0.3) is 11.4 Å². The fourth-order valence-electron chi connectivity index (χ4n) is 2.61. The van der Waals surface area contributed by atoms with Crippen LogP contribution in [0.2, 0.25) is 0 Å². The maximum Gasteiger partial charge on any atom is 0.330 e. The molecule has 1 heterocycles. The molecule has 0 aliphatic carbocycles. The Balaban J connectivity index is 1.59. The fourth-order valence-corrected chi connectivity index (χ4v) is 2.61. The van der Waals surface area contributed by atoms with Crippen molar-refractivity contribution in [3.05, 3.63) is 64.7 Å². The van der Waals surface area contributed by atoms with Gasteiger partial charge in [-0.25, -0.2) is 4.79 Å². The van der Waals surface area contributed by atoms with Gasteiger partial charge in [0.1, 0.15) is 6.61 Å². The molecule has 0 atom stereocenters. The zero-order valence-electron chi connectivity index (χ0n) is 14.6. The lowest BCUT2D eigenvalue weighted by molar-refractivity contribution is -0.146. The Morgan fingerprint density at radius 1 is 1.00 bits per heavy atom. The van der Waals surface area contributed by atoms with Gasteiger partial charge in [0.2, 0.25) is 5.82 Å². The number of carbonyl (C=O) groups excluding carboxylic acids is 1. The molecule has 0 saturated carbocycles. The summed E-state index contributed by atoms with van der Waals surface area (Å²) in [7, 11) is 0. The average molecular weight is 336 g/mol. The molecule has 3 aromatic rings. The Morgan fingerprint density at radius 2 is 1.68 bits per heavy atom. The number of carbonyl (C=O) groups is 1. The Labute approximate surface area is 146 Å². The Morgan fingerprint density at radius 3 is 2.36 bits per heavy atom. The normalized spacial score (nSPS) is 10.7. The first-order valence-electron chi connectivity index (χ1n) is 8.07. The highest BCUT2D eigenvalue weighted by atomic mass is 16.5. The third-order valence-electron chi connectivity index (χ3n) is 3.71. The molecule has 0 spiro atoms. The van der Waals surface area contributed by atoms with Gasteiger partial charge in [-0.05, 0) is 31.5 Å². The Kier molecular flexibility index (Phi) is 4.88. The molecule has 0 amide bonds. The minimum Gasteiger partial charge on any atom is -0.459 e. The Hall–Kier alpha value is -3.02. The van der Waals surface area contributed by atoms with Gasteiger partial charge in [0.25, 0.3) is 0 Å². The van der Waals surface area contributed by atoms with E-state index in [2.05, 4.69) is 21.5 Å². The first-order chi connectivity index (χ1) is 12.0. The van der Waals surface area contributed by atoms with E-state index in [4.69, 9.17) is 4.74 Å². The SMILES string of the molecule is Cc1ccc(-c2nnn(CC(=O)OCc3cc(C)cc(C)c3)n2)cc1. The second-order valence-corrected chi connectivity index (χ2v) is 6.17. The van der Waals surface area contributed by atoms with Crippen molar-refractivity contribution in [3.8, 4) is 11.4 Å². The Bertz CT molecular complexity index is 864. The number of ether oxygens (including phenoxy) is 1. The molecule has 0 radical (unpaired) electrons. The zero-order valence-corrected chi connectivity index (χ0v) is 14.6. The van der Waals surface area contributed by atoms with Crippen molar-refractivity contribution in [2.45, 2.75) is 33.9 Å². The topological polar surface area (TPSA) is 69.9 Å². The van der Waals surface area contributed by atoms with E-state index in [1.807, 2.05) is 57.2 Å². The van der Waals surface area contributed by atoms with E-state index in [9.17, 15) is 4.79 Å². The molecular weight excluding hydrogens is 316 g/mol. The fraction of sp³-hybridized carbons (Fsp3) is 0.263. The van der Waals surface area contributed by atoms with Gasteiger partial charge < -0.3 is 4.74 Å². The standard InChI is InChI=1S/C19H20N4O2/c1-13-4-6-17(7-5-13)19-20-22-23(21-19)11-18(24)25-12-16-9-14(2)8-15(3)10-16/h4-10H,11-12H2,1-3H3. The average Bonchev–Trinajstić information content (AvgIpc) is 3.01. The molecule has 0 aliphatic heterocycles. The number of tetrazole rings is 1. The molecule has 1 aromatic heterocycles. The molecule has 25 heavy (non-hydrogen) atoms. The van der Waals surface area contributed by atoms with Crippen LogP contribution in [-0.2, 0) is 22.7 Å². The summed E-state index contributed by atoms with van der Waals surface area (Å²) in [6, 6.07) is 13.9. The third-order valence-corrected chi connectivity index (χ3v) is 3.71. The molecule has 0 unspecified atom stereocenters. The van der Waals surface area contributed by atoms with Crippen LogP contribution in [0.3, 0.4) is 0 Å². The van der Waals surface area contributed by atoms with Gasteiger partial charge >= 0.3 is 5.97 Å². The number of nitrogens with zero attached hydrogens (tertiary/aromatic N) is 4. The van der Waals surface area contributed by atoms with Crippen LogP contribution >= 0.6 is 0 Å². The van der Waals surface area contributed by atoms with E-state index in [1.54, 1.807) is 0 Å². The first-order valence-corrected chi connectivity index (χ1v) is 8.07. The van der Waals surface area contributed by atoms with Gasteiger partial charge in [0.05, 0.1) is 0 Å². The number of hydrogen-bond acceptors (Lipinski definition) is 5. The molecule has 6 nitrogen and oxygen atoms in total. The molecule has 0 aliphatic rings. The van der Waals surface area contributed by atoms with Crippen LogP contribution in [0.1, 0.15) is 22.3 Å². The summed E-state index contributed by atoms with van der Waals surface area (Å²) in [5.74, 6) is 0.0918. The van der Waals surface area contributed by atoms with Crippen LogP contribution in [0.5, 0.6) is 0 Å². The highest BCUT2D eigenvalue weighted by Gasteiger charge is 2.10. The van der Waals surface area contributed by atoms with Gasteiger partial charge in [0, 0.05) is 5.56 Å². The van der Waals surface area contributed by atoms with E-state index in [0.29, 0.717) is 5.82 Å². The zero-order chi connectivity index (χ0) is 17.8. The third kappa shape index (κ3) is 4.50. The molecule has 3 rings (SSSR count). The molecular formula is C19H20N4O2. The van der Waals surface area contributed by atoms with Crippen molar-refractivity contribution in [2.75, 3.05) is 0 Å². The van der Waals surface area contributed by atoms with Crippen molar-refractivity contribution in [3.63, 3.8) is 0 Å². The minimum absolute atomic E-state index is 0.0658. The van der Waals surface area contributed by atoms with Crippen LogP contribution in [0, 0.1) is 20.8 Å². The molecule has 0 N–H and O–H groups in total. The smallest absolute Gasteiger partial charge is 0.330 e. The van der Waals surface area contributed by atoms with E-state index >= 15 is 0 Å². The van der Waals surface area contributed by atoms with Gasteiger partial charge in [-0.2, -0.15) is 4.80 Å². The quantitative estimate of drug-likeness (QED) is 0.670. The van der Waals surface area contributed by atoms with Crippen molar-refractivity contribution < 1.29 is 9.53 Å². The van der Waals surface area contributed by atoms with Gasteiger partial charge in [-0.1, -0.05) is 59.2 Å². The van der Waals surface area contributed by atoms with Crippen LogP contribution in [-0.4, -0.2) is 26.2 Å². The second-order valence-electron chi connectivity index (χ2n) is 6.17. The highest BCUT2D eigenvalue weighted by molar-refractivity contribution is 5.69. The summed E-state index contributed by atoms with van der Waals surface area (Å²) in [4.78, 5) is 13.2. The monoisotopic (exact) mass is 336 g/mol. The number of hydrogen-bond donors (Lipinski definition) is 0. The van der Waals surface area contributed by atoms with E-state index < -0.39 is 5.97 Å². The first kappa shape index (κ1) is 16.8. The number of aromatic nitrogens is 4. The molecule has 2 aromatic carbocycles. The predicted octanol–water partition coefficient (Wildman–Crippen LogP) is 3.01. The molecule has 0 bridgehead atoms. The maximum absolute atomic E-state index is 12.0. The lowest BCUT2D eigenvalue weighted by Crippen LogP contribution is -2.15. The lowest BCUT2D eigenvalue weighted by atomic mass is 10.1. The largest absolute Gasteiger partial charge is 0.459 e. The van der Waals surface area contributed by atoms with Crippen LogP contribution in [0.15, 0.2) is 42.5 Å². The highest BCUT2D eigenvalue weighted by Crippen LogP contribution is 2.14. The number of esters is 1. The summed E-state index contributed by atoms with van der Waals surface area (Å²) in [6.45, 7) is 6.22. The van der Waals surface area contributed by atoms with E-state index in [1.165, 1.54) is 4.80 Å². The molecule has 0 fully saturated rings. The molecule has 6 heteroatoms. The van der Waals surface area contributed by atoms with Crippen LogP contribution in [0.4, 0.5) is 0 Å². The summed E-state index contributed by atoms with van der Waals surface area (Å²) in [6.07, 6.45) is 0. The summed E-state index contributed by atoms with van der Waals surface area (Å²) < 4.78 is 5.31. The summed E-state index contributed by atoms with van der Waals surface area (Å²) in [5.41, 5.74) is 5.28.